The van der Waals surface area contributed by atoms with Crippen LogP contribution in [0.4, 0.5) is 0 Å². The number of likely N-dealkylation sites (N-methyl/N-ethyl adjacent to an activating group) is 2. The highest BCUT2D eigenvalue weighted by Gasteiger charge is 2.24. The molecular formula is C18H39N3O5. The van der Waals surface area contributed by atoms with E-state index in [-0.39, 0.29) is 32.7 Å². The Hall–Kier alpha value is -1.51. The van der Waals surface area contributed by atoms with Crippen molar-refractivity contribution in [2.75, 3.05) is 27.2 Å². The van der Waals surface area contributed by atoms with E-state index < -0.39 is 18.0 Å². The van der Waals surface area contributed by atoms with Crippen LogP contribution in [0.1, 0.15) is 53.9 Å². The molecule has 0 spiro atoms. The Morgan fingerprint density at radius 2 is 1.65 bits per heavy atom. The number of carbonyl (C=O) groups is 3. The number of aldehydes is 1. The predicted octanol–water partition coefficient (Wildman–Crippen LogP) is 0.624. The first-order chi connectivity index (χ1) is 11.9. The smallest absolute Gasteiger partial charge is 0.325 e. The molecule has 0 saturated carbocycles. The maximum absolute atomic E-state index is 11.5. The Morgan fingerprint density at radius 3 is 2.00 bits per heavy atom. The summed E-state index contributed by atoms with van der Waals surface area (Å²) in [6.07, 6.45) is 3.33. The van der Waals surface area contributed by atoms with Crippen LogP contribution in [0.5, 0.6) is 0 Å². The van der Waals surface area contributed by atoms with Crippen molar-refractivity contribution in [3.8, 4) is 0 Å². The van der Waals surface area contributed by atoms with Crippen molar-refractivity contribution in [1.29, 1.82) is 0 Å². The fraction of sp³-hybridized carbons (Fsp3) is 0.833. The summed E-state index contributed by atoms with van der Waals surface area (Å²) in [4.78, 5) is 32.6. The fourth-order valence-corrected chi connectivity index (χ4v) is 2.02. The Bertz CT molecular complexity index is 367. The van der Waals surface area contributed by atoms with E-state index in [1.165, 1.54) is 0 Å². The second-order valence-corrected chi connectivity index (χ2v) is 5.47. The van der Waals surface area contributed by atoms with Gasteiger partial charge in [0.1, 0.15) is 18.9 Å². The van der Waals surface area contributed by atoms with Crippen LogP contribution in [0.15, 0.2) is 0 Å². The first kappa shape index (κ1) is 29.3. The zero-order chi connectivity index (χ0) is 19.7. The summed E-state index contributed by atoms with van der Waals surface area (Å²) < 4.78 is 4.66. The molecule has 0 aliphatic carbocycles. The summed E-state index contributed by atoms with van der Waals surface area (Å²) in [5.74, 6) is -1.07. The van der Waals surface area contributed by atoms with Gasteiger partial charge in [0.25, 0.3) is 5.91 Å². The molecule has 0 saturated heterocycles. The molecule has 26 heavy (non-hydrogen) atoms. The summed E-state index contributed by atoms with van der Waals surface area (Å²) in [5, 5.41) is 17.8. The van der Waals surface area contributed by atoms with E-state index >= 15 is 0 Å². The largest absolute Gasteiger partial charge is 0.465 e. The predicted molar refractivity (Wildman–Crippen MR) is 104 cm³/mol. The van der Waals surface area contributed by atoms with Gasteiger partial charge in [0.15, 0.2) is 0 Å². The topological polar surface area (TPSA) is 117 Å². The molecule has 0 aromatic carbocycles. The molecule has 0 aliphatic heterocycles. The lowest BCUT2D eigenvalue weighted by atomic mass is 10.1. The van der Waals surface area contributed by atoms with Crippen molar-refractivity contribution in [2.24, 2.45) is 0 Å². The second-order valence-electron chi connectivity index (χ2n) is 5.47. The molecule has 0 aromatic heterocycles. The van der Waals surface area contributed by atoms with E-state index in [4.69, 9.17) is 0 Å². The molecule has 0 rings (SSSR count). The standard InChI is InChI=1S/C11H22N2O4.C6H13NO.CH4/c1-4-6-8(12-3)10(15)11(16)13-7-9(14)17-5-2;1-3-4-6(5-8)7-2;/h8,10,12,15H,4-7H2,1-3H3,(H,13,16);5-7H,3-4H2,1-2H3;1H4/t8-,10?;6-;/m00./s1. The number of rotatable bonds is 12. The Morgan fingerprint density at radius 1 is 1.08 bits per heavy atom. The Balaban J connectivity index is -0.000000498. The molecule has 0 aliphatic rings. The van der Waals surface area contributed by atoms with Crippen molar-refractivity contribution in [3.05, 3.63) is 0 Å². The maximum Gasteiger partial charge on any atom is 0.325 e. The molecule has 8 nitrogen and oxygen atoms in total. The number of carbonyl (C=O) groups excluding carboxylic acids is 3. The van der Waals surface area contributed by atoms with Gasteiger partial charge >= 0.3 is 5.97 Å². The second kappa shape index (κ2) is 19.8. The molecule has 3 atom stereocenters. The third-order valence-electron chi connectivity index (χ3n) is 3.47. The molecule has 4 N–H and O–H groups in total. The number of hydrogen-bond acceptors (Lipinski definition) is 7. The average molecular weight is 378 g/mol. The molecule has 1 amide bonds. The van der Waals surface area contributed by atoms with E-state index in [0.29, 0.717) is 6.42 Å². The van der Waals surface area contributed by atoms with Crippen LogP contribution in [0.25, 0.3) is 0 Å². The SMILES string of the molecule is C.CCC[C@@H](C=O)NC.CCC[C@H](NC)C(O)C(=O)NCC(=O)OCC. The summed E-state index contributed by atoms with van der Waals surface area (Å²) in [7, 11) is 3.48. The molecule has 0 bridgehead atoms. The molecule has 0 heterocycles. The van der Waals surface area contributed by atoms with E-state index in [1.807, 2.05) is 6.92 Å². The lowest BCUT2D eigenvalue weighted by Crippen LogP contribution is -2.48. The van der Waals surface area contributed by atoms with Gasteiger partial charge in [0.05, 0.1) is 12.6 Å². The van der Waals surface area contributed by atoms with Crippen LogP contribution in [0.3, 0.4) is 0 Å². The van der Waals surface area contributed by atoms with E-state index in [0.717, 1.165) is 25.5 Å². The van der Waals surface area contributed by atoms with E-state index in [1.54, 1.807) is 21.0 Å². The number of esters is 1. The van der Waals surface area contributed by atoms with Gasteiger partial charge in [-0.15, -0.1) is 0 Å². The highest BCUT2D eigenvalue weighted by Crippen LogP contribution is 2.02. The third-order valence-corrected chi connectivity index (χ3v) is 3.47. The molecular weight excluding hydrogens is 338 g/mol. The van der Waals surface area contributed by atoms with Crippen LogP contribution in [0.2, 0.25) is 0 Å². The minimum atomic E-state index is -1.16. The first-order valence-electron chi connectivity index (χ1n) is 8.82. The highest BCUT2D eigenvalue weighted by molar-refractivity contribution is 5.85. The van der Waals surface area contributed by atoms with Crippen molar-refractivity contribution in [2.45, 2.75) is 72.1 Å². The number of aliphatic hydroxyl groups excluding tert-OH is 1. The molecule has 1 unspecified atom stereocenters. The van der Waals surface area contributed by atoms with Gasteiger partial charge in [-0.2, -0.15) is 0 Å². The first-order valence-corrected chi connectivity index (χ1v) is 8.82. The van der Waals surface area contributed by atoms with Gasteiger partial charge in [0.2, 0.25) is 0 Å². The number of hydrogen-bond donors (Lipinski definition) is 4. The lowest BCUT2D eigenvalue weighted by Gasteiger charge is -2.21. The normalized spacial score (nSPS) is 13.2. The molecule has 8 heteroatoms. The van der Waals surface area contributed by atoms with Gasteiger partial charge in [-0.05, 0) is 33.9 Å². The van der Waals surface area contributed by atoms with Crippen molar-refractivity contribution >= 4 is 18.2 Å². The third kappa shape index (κ3) is 14.8. The zero-order valence-corrected chi connectivity index (χ0v) is 16.1. The summed E-state index contributed by atoms with van der Waals surface area (Å²) in [6.45, 7) is 5.77. The summed E-state index contributed by atoms with van der Waals surface area (Å²) >= 11 is 0. The van der Waals surface area contributed by atoms with Crippen molar-refractivity contribution < 1.29 is 24.2 Å². The van der Waals surface area contributed by atoms with Crippen LogP contribution in [-0.4, -0.2) is 68.7 Å². The number of amides is 1. The summed E-state index contributed by atoms with van der Waals surface area (Å²) in [6, 6.07) is -0.234. The van der Waals surface area contributed by atoms with Gasteiger partial charge in [-0.3, -0.25) is 9.59 Å². The minimum absolute atomic E-state index is 0. The number of nitrogens with one attached hydrogen (secondary N) is 3. The molecule has 0 aromatic rings. The molecule has 156 valence electrons. The Kier molecular flexibility index (Phi) is 22.3. The monoisotopic (exact) mass is 377 g/mol. The van der Waals surface area contributed by atoms with Crippen LogP contribution in [0, 0.1) is 0 Å². The number of aliphatic hydroxyl groups is 1. The van der Waals surface area contributed by atoms with Gasteiger partial charge < -0.3 is 30.6 Å². The van der Waals surface area contributed by atoms with E-state index in [2.05, 4.69) is 27.6 Å². The molecule has 0 radical (unpaired) electrons. The van der Waals surface area contributed by atoms with E-state index in [9.17, 15) is 19.5 Å². The fourth-order valence-electron chi connectivity index (χ4n) is 2.02. The van der Waals surface area contributed by atoms with Crippen LogP contribution in [-0.2, 0) is 19.1 Å². The van der Waals surface area contributed by atoms with Crippen LogP contribution < -0.4 is 16.0 Å². The molecule has 0 fully saturated rings. The van der Waals surface area contributed by atoms with Crippen LogP contribution >= 0.6 is 0 Å². The highest BCUT2D eigenvalue weighted by atomic mass is 16.5. The van der Waals surface area contributed by atoms with Crippen molar-refractivity contribution in [3.63, 3.8) is 0 Å². The summed E-state index contributed by atoms with van der Waals surface area (Å²) in [5.41, 5.74) is 0. The Labute approximate surface area is 158 Å². The van der Waals surface area contributed by atoms with Gasteiger partial charge in [0, 0.05) is 6.04 Å². The lowest BCUT2D eigenvalue weighted by molar-refractivity contribution is -0.144. The van der Waals surface area contributed by atoms with Crippen molar-refractivity contribution in [1.82, 2.24) is 16.0 Å². The number of ether oxygens (including phenoxy) is 1. The minimum Gasteiger partial charge on any atom is -0.465 e. The maximum atomic E-state index is 11.5. The van der Waals surface area contributed by atoms with Gasteiger partial charge in [-0.1, -0.05) is 34.1 Å². The zero-order valence-electron chi connectivity index (χ0n) is 16.1. The van der Waals surface area contributed by atoms with Gasteiger partial charge in [-0.25, -0.2) is 0 Å². The quantitative estimate of drug-likeness (QED) is 0.291. The average Bonchev–Trinajstić information content (AvgIpc) is 2.62.